The highest BCUT2D eigenvalue weighted by molar-refractivity contribution is 6.09. The van der Waals surface area contributed by atoms with Crippen molar-refractivity contribution in [2.75, 3.05) is 51.7 Å². The molecule has 35 heavy (non-hydrogen) atoms. The number of benzene rings is 2. The minimum Gasteiger partial charge on any atom is -0.394 e. The molecule has 7 heteroatoms. The summed E-state index contributed by atoms with van der Waals surface area (Å²) in [7, 11) is 0. The standard InChI is InChI=1S/C28H34F2N3O2/c29-28(30,22-8-4-3-5-9-22)20-35-17-7-2-1-6-14-32-18-21(19-32)23-10-12-25(31)27-24(23)11-13-26(34)33(27)15-16-33/h3-5,8-13,21H,1-2,6-7,14-20,31H2/q+1. The molecule has 0 unspecified atom stereocenters. The first-order valence-corrected chi connectivity index (χ1v) is 12.7. The number of nitrogens with two attached hydrogens (primary N) is 1. The van der Waals surface area contributed by atoms with E-state index in [0.717, 1.165) is 75.3 Å². The third-order valence-electron chi connectivity index (χ3n) is 7.58. The number of nitrogens with zero attached hydrogens (tertiary/aromatic N) is 2. The van der Waals surface area contributed by atoms with E-state index in [1.165, 1.54) is 17.7 Å². The minimum atomic E-state index is -2.94. The van der Waals surface area contributed by atoms with E-state index in [4.69, 9.17) is 10.5 Å². The molecular weight excluding hydrogens is 448 g/mol. The molecule has 1 spiro atoms. The van der Waals surface area contributed by atoms with Gasteiger partial charge in [-0.15, -0.1) is 0 Å². The molecule has 3 heterocycles. The normalized spacial score (nSPS) is 19.1. The number of likely N-dealkylation sites (tertiary alicyclic amines) is 1. The van der Waals surface area contributed by atoms with E-state index < -0.39 is 12.5 Å². The molecule has 5 rings (SSSR count). The Kier molecular flexibility index (Phi) is 6.75. The van der Waals surface area contributed by atoms with Gasteiger partial charge in [0.05, 0.1) is 5.69 Å². The number of unbranched alkanes of at least 4 members (excludes halogenated alkanes) is 3. The van der Waals surface area contributed by atoms with Crippen LogP contribution in [0, 0.1) is 0 Å². The van der Waals surface area contributed by atoms with E-state index in [1.807, 2.05) is 12.1 Å². The maximum atomic E-state index is 14.1. The fourth-order valence-corrected chi connectivity index (χ4v) is 5.41. The molecule has 2 aromatic rings. The van der Waals surface area contributed by atoms with E-state index in [2.05, 4.69) is 11.0 Å². The first-order chi connectivity index (χ1) is 16.9. The highest BCUT2D eigenvalue weighted by atomic mass is 19.3. The van der Waals surface area contributed by atoms with Crippen LogP contribution in [-0.4, -0.2) is 56.7 Å². The summed E-state index contributed by atoms with van der Waals surface area (Å²) in [5.41, 5.74) is 10.5. The summed E-state index contributed by atoms with van der Waals surface area (Å²) in [6.07, 6.45) is 7.64. The molecule has 3 aliphatic heterocycles. The van der Waals surface area contributed by atoms with Crippen molar-refractivity contribution in [2.45, 2.75) is 37.5 Å². The van der Waals surface area contributed by atoms with Crippen LogP contribution in [0.5, 0.6) is 0 Å². The molecule has 0 saturated carbocycles. The Hall–Kier alpha value is -2.61. The van der Waals surface area contributed by atoms with Gasteiger partial charge >= 0.3 is 5.91 Å². The monoisotopic (exact) mass is 482 g/mol. The summed E-state index contributed by atoms with van der Waals surface area (Å²) >= 11 is 0. The van der Waals surface area contributed by atoms with Crippen molar-refractivity contribution in [1.82, 2.24) is 9.38 Å². The Morgan fingerprint density at radius 2 is 1.74 bits per heavy atom. The lowest BCUT2D eigenvalue weighted by atomic mass is 9.85. The molecule has 2 N–H and O–H groups in total. The van der Waals surface area contributed by atoms with Crippen molar-refractivity contribution in [3.05, 3.63) is 65.2 Å². The zero-order valence-electron chi connectivity index (χ0n) is 20.1. The Morgan fingerprint density at radius 3 is 2.49 bits per heavy atom. The molecule has 0 bridgehead atoms. The molecule has 186 valence electrons. The molecule has 0 atom stereocenters. The molecule has 2 aromatic carbocycles. The van der Waals surface area contributed by atoms with Crippen molar-refractivity contribution in [2.24, 2.45) is 0 Å². The van der Waals surface area contributed by atoms with Crippen molar-refractivity contribution in [3.8, 4) is 0 Å². The second kappa shape index (κ2) is 9.80. The number of carbonyl (C=O) groups is 1. The second-order valence-corrected chi connectivity index (χ2v) is 10.1. The molecule has 3 aliphatic rings. The average molecular weight is 483 g/mol. The summed E-state index contributed by atoms with van der Waals surface area (Å²) in [6, 6.07) is 12.0. The highest BCUT2D eigenvalue weighted by Gasteiger charge is 2.55. The summed E-state index contributed by atoms with van der Waals surface area (Å²) < 4.78 is 33.8. The van der Waals surface area contributed by atoms with Crippen LogP contribution in [0.15, 0.2) is 48.5 Å². The lowest BCUT2D eigenvalue weighted by molar-refractivity contribution is -0.120. The van der Waals surface area contributed by atoms with Crippen LogP contribution in [0.4, 0.5) is 20.2 Å². The van der Waals surface area contributed by atoms with Gasteiger partial charge in [-0.1, -0.05) is 49.2 Å². The second-order valence-electron chi connectivity index (χ2n) is 10.1. The van der Waals surface area contributed by atoms with E-state index in [-0.39, 0.29) is 11.5 Å². The third-order valence-corrected chi connectivity index (χ3v) is 7.58. The Bertz CT molecular complexity index is 1090. The molecule has 5 nitrogen and oxygen atoms in total. The summed E-state index contributed by atoms with van der Waals surface area (Å²) in [6.45, 7) is 4.60. The zero-order valence-corrected chi connectivity index (χ0v) is 20.1. The first kappa shape index (κ1) is 24.1. The fraction of sp³-hybridized carbons (Fsp3) is 0.464. The van der Waals surface area contributed by atoms with Crippen molar-refractivity contribution >= 4 is 23.4 Å². The number of carbonyl (C=O) groups excluding carboxylic acids is 1. The number of alkyl halides is 2. The smallest absolute Gasteiger partial charge is 0.344 e. The number of fused-ring (bicyclic) bond motifs is 2. The average Bonchev–Trinajstić information content (AvgIpc) is 3.62. The fourth-order valence-electron chi connectivity index (χ4n) is 5.41. The van der Waals surface area contributed by atoms with Crippen LogP contribution in [0.1, 0.15) is 48.3 Å². The molecule has 0 aromatic heterocycles. The Labute approximate surface area is 205 Å². The number of halogens is 2. The number of hydrogen-bond acceptors (Lipinski definition) is 4. The largest absolute Gasteiger partial charge is 0.394 e. The molecular formula is C28H34F2N3O2+. The van der Waals surface area contributed by atoms with Gasteiger partial charge in [-0.05, 0) is 37.1 Å². The lowest BCUT2D eigenvalue weighted by Gasteiger charge is -2.41. The molecule has 0 radical (unpaired) electrons. The summed E-state index contributed by atoms with van der Waals surface area (Å²) in [5, 5.41) is 0. The number of anilines is 1. The van der Waals surface area contributed by atoms with Crippen LogP contribution in [0.25, 0.3) is 6.08 Å². The number of ether oxygens (including phenoxy) is 1. The van der Waals surface area contributed by atoms with Crippen molar-refractivity contribution in [1.29, 1.82) is 0 Å². The van der Waals surface area contributed by atoms with Gasteiger partial charge in [-0.3, -0.25) is 0 Å². The van der Waals surface area contributed by atoms with Crippen molar-refractivity contribution in [3.63, 3.8) is 0 Å². The van der Waals surface area contributed by atoms with Crippen LogP contribution < -0.4 is 10.2 Å². The van der Waals surface area contributed by atoms with E-state index in [9.17, 15) is 13.6 Å². The molecule has 1 amide bonds. The third kappa shape index (κ3) is 4.90. The summed E-state index contributed by atoms with van der Waals surface area (Å²) in [5.74, 6) is -2.32. The summed E-state index contributed by atoms with van der Waals surface area (Å²) in [4.78, 5) is 14.9. The van der Waals surface area contributed by atoms with E-state index in [0.29, 0.717) is 17.0 Å². The molecule has 2 saturated heterocycles. The predicted octanol–water partition coefficient (Wildman–Crippen LogP) is 4.91. The van der Waals surface area contributed by atoms with Crippen LogP contribution in [0.3, 0.4) is 0 Å². The quantitative estimate of drug-likeness (QED) is 0.214. The first-order valence-electron chi connectivity index (χ1n) is 12.7. The predicted molar refractivity (Wildman–Crippen MR) is 135 cm³/mol. The van der Waals surface area contributed by atoms with E-state index in [1.54, 1.807) is 24.3 Å². The van der Waals surface area contributed by atoms with Crippen LogP contribution in [0.2, 0.25) is 0 Å². The number of nitrogen functional groups attached to an aromatic ring is 1. The number of amides is 1. The van der Waals surface area contributed by atoms with Gasteiger partial charge in [0.15, 0.2) is 5.69 Å². The number of rotatable bonds is 11. The van der Waals surface area contributed by atoms with Gasteiger partial charge in [-0.2, -0.15) is 8.78 Å². The van der Waals surface area contributed by atoms with Gasteiger partial charge in [-0.25, -0.2) is 9.28 Å². The van der Waals surface area contributed by atoms with Gasteiger partial charge in [0, 0.05) is 42.8 Å². The Morgan fingerprint density at radius 1 is 1.00 bits per heavy atom. The van der Waals surface area contributed by atoms with Crippen LogP contribution in [-0.2, 0) is 15.5 Å². The SMILES string of the molecule is Nc1ccc(C2CN(CCCCCCOCC(F)(F)c3ccccc3)C2)c2c1[N+]1(CC1)C(=O)C=C2. The highest BCUT2D eigenvalue weighted by Crippen LogP contribution is 2.47. The maximum Gasteiger partial charge on any atom is 0.344 e. The van der Waals surface area contributed by atoms with Gasteiger partial charge < -0.3 is 15.4 Å². The lowest BCUT2D eigenvalue weighted by Crippen LogP contribution is -2.46. The molecule has 2 fully saturated rings. The molecule has 0 aliphatic carbocycles. The number of hydrogen-bond donors (Lipinski definition) is 1. The minimum absolute atomic E-state index is 0.00274. The Balaban J connectivity index is 0.993. The zero-order chi connectivity index (χ0) is 24.5. The van der Waals surface area contributed by atoms with Gasteiger partial charge in [0.1, 0.15) is 19.7 Å². The maximum absolute atomic E-state index is 14.1. The van der Waals surface area contributed by atoms with Gasteiger partial charge in [0.2, 0.25) is 0 Å². The van der Waals surface area contributed by atoms with E-state index >= 15 is 0 Å². The number of quaternary nitrogens is 1. The van der Waals surface area contributed by atoms with Gasteiger partial charge in [0.25, 0.3) is 5.92 Å². The van der Waals surface area contributed by atoms with Crippen LogP contribution >= 0.6 is 0 Å². The topological polar surface area (TPSA) is 55.6 Å². The van der Waals surface area contributed by atoms with Crippen molar-refractivity contribution < 1.29 is 18.3 Å².